The molecule has 0 bridgehead atoms. The van der Waals surface area contributed by atoms with Gasteiger partial charge >= 0.3 is 6.03 Å². The number of nitrogens with zero attached hydrogens (tertiary/aromatic N) is 1. The van der Waals surface area contributed by atoms with Gasteiger partial charge in [-0.1, -0.05) is 30.3 Å². The number of ether oxygens (including phenoxy) is 1. The Kier molecular flexibility index (Phi) is 4.69. The molecule has 0 unspecified atom stereocenters. The number of carbonyl (C=O) groups is 1. The maximum absolute atomic E-state index is 11.9. The minimum atomic E-state index is -0.297. The van der Waals surface area contributed by atoms with Crippen LogP contribution in [0.4, 0.5) is 4.79 Å². The summed E-state index contributed by atoms with van der Waals surface area (Å²) in [6, 6.07) is 8.99. The molecule has 0 atom stereocenters. The summed E-state index contributed by atoms with van der Waals surface area (Å²) in [4.78, 5) is 24.4. The van der Waals surface area contributed by atoms with Crippen LogP contribution < -0.4 is 5.32 Å². The molecule has 99 valence electrons. The zero-order valence-corrected chi connectivity index (χ0v) is 10.5. The van der Waals surface area contributed by atoms with Crippen molar-refractivity contribution >= 4 is 18.4 Å². The minimum absolute atomic E-state index is 0.127. The Balaban J connectivity index is 2.00. The number of urea groups is 1. The van der Waals surface area contributed by atoms with E-state index in [4.69, 9.17) is 4.74 Å². The highest BCUT2D eigenvalue weighted by molar-refractivity contribution is 5.89. The van der Waals surface area contributed by atoms with Gasteiger partial charge in [0.2, 0.25) is 0 Å². The molecule has 5 heteroatoms. The highest BCUT2D eigenvalue weighted by Gasteiger charge is 2.17. The fourth-order valence-corrected chi connectivity index (χ4v) is 1.77. The predicted octanol–water partition coefficient (Wildman–Crippen LogP) is 1.18. The van der Waals surface area contributed by atoms with Gasteiger partial charge in [-0.3, -0.25) is 4.79 Å². The minimum Gasteiger partial charge on any atom is -0.378 e. The molecule has 1 aromatic carbocycles. The van der Waals surface area contributed by atoms with Gasteiger partial charge in [-0.05, 0) is 11.6 Å². The van der Waals surface area contributed by atoms with Crippen LogP contribution in [0, 0.1) is 0 Å². The van der Waals surface area contributed by atoms with Crippen molar-refractivity contribution < 1.29 is 14.3 Å². The fourth-order valence-electron chi connectivity index (χ4n) is 1.77. The van der Waals surface area contributed by atoms with Crippen molar-refractivity contribution in [3.8, 4) is 0 Å². The molecule has 2 rings (SSSR count). The molecule has 0 aliphatic carbocycles. The molecule has 5 nitrogen and oxygen atoms in total. The summed E-state index contributed by atoms with van der Waals surface area (Å²) in [5.41, 5.74) is 0.964. The van der Waals surface area contributed by atoms with Crippen molar-refractivity contribution in [2.24, 2.45) is 0 Å². The molecule has 1 N–H and O–H groups in total. The van der Waals surface area contributed by atoms with Gasteiger partial charge < -0.3 is 15.0 Å². The fraction of sp³-hybridized carbons (Fsp3) is 0.286. The van der Waals surface area contributed by atoms with Crippen LogP contribution in [0.3, 0.4) is 0 Å². The SMILES string of the molecule is O=[C]C(=Cc1ccccc1)NC(=O)N1CCOCC1. The summed E-state index contributed by atoms with van der Waals surface area (Å²) < 4.78 is 5.16. The van der Waals surface area contributed by atoms with Crippen molar-refractivity contribution in [3.05, 3.63) is 41.6 Å². The first kappa shape index (κ1) is 13.3. The lowest BCUT2D eigenvalue weighted by molar-refractivity contribution is 0.0539. The first-order chi connectivity index (χ1) is 9.29. The lowest BCUT2D eigenvalue weighted by Gasteiger charge is -2.26. The number of rotatable bonds is 3. The molecule has 1 heterocycles. The van der Waals surface area contributed by atoms with E-state index in [1.165, 1.54) is 0 Å². The third-order valence-electron chi connectivity index (χ3n) is 2.76. The number of hydrogen-bond donors (Lipinski definition) is 1. The van der Waals surface area contributed by atoms with Crippen LogP contribution in [0.25, 0.3) is 6.08 Å². The van der Waals surface area contributed by atoms with Gasteiger partial charge in [-0.2, -0.15) is 0 Å². The van der Waals surface area contributed by atoms with E-state index >= 15 is 0 Å². The molecular weight excluding hydrogens is 244 g/mol. The number of morpholine rings is 1. The lowest BCUT2D eigenvalue weighted by atomic mass is 10.2. The Bertz CT molecular complexity index is 465. The van der Waals surface area contributed by atoms with Crippen molar-refractivity contribution in [1.29, 1.82) is 0 Å². The molecule has 1 aromatic rings. The van der Waals surface area contributed by atoms with Gasteiger partial charge in [-0.25, -0.2) is 4.79 Å². The summed E-state index contributed by atoms with van der Waals surface area (Å²) in [6.07, 6.45) is 3.33. The molecule has 19 heavy (non-hydrogen) atoms. The van der Waals surface area contributed by atoms with Crippen LogP contribution in [-0.4, -0.2) is 43.5 Å². The average molecular weight is 259 g/mol. The quantitative estimate of drug-likeness (QED) is 0.829. The Labute approximate surface area is 111 Å². The maximum Gasteiger partial charge on any atom is 0.322 e. The standard InChI is InChI=1S/C14H15N2O3/c17-11-13(10-12-4-2-1-3-5-12)15-14(18)16-6-8-19-9-7-16/h1-5,10H,6-9H2,(H,15,18). The molecule has 1 aliphatic rings. The number of carbonyl (C=O) groups excluding carboxylic acids is 2. The van der Waals surface area contributed by atoms with E-state index in [1.807, 2.05) is 30.3 Å². The van der Waals surface area contributed by atoms with Crippen molar-refractivity contribution in [1.82, 2.24) is 10.2 Å². The second-order valence-corrected chi connectivity index (χ2v) is 4.10. The van der Waals surface area contributed by atoms with Gasteiger partial charge in [0, 0.05) is 13.1 Å². The van der Waals surface area contributed by atoms with E-state index in [2.05, 4.69) is 5.32 Å². The number of benzene rings is 1. The lowest BCUT2D eigenvalue weighted by Crippen LogP contribution is -2.46. The van der Waals surface area contributed by atoms with Gasteiger partial charge in [0.1, 0.15) is 0 Å². The summed E-state index contributed by atoms with van der Waals surface area (Å²) >= 11 is 0. The van der Waals surface area contributed by atoms with Crippen LogP contribution >= 0.6 is 0 Å². The average Bonchev–Trinajstić information content (AvgIpc) is 2.48. The van der Waals surface area contributed by atoms with Gasteiger partial charge in [0.05, 0.1) is 18.9 Å². The number of nitrogens with one attached hydrogen (secondary N) is 1. The molecule has 1 fully saturated rings. The smallest absolute Gasteiger partial charge is 0.322 e. The first-order valence-corrected chi connectivity index (χ1v) is 6.08. The molecule has 0 spiro atoms. The van der Waals surface area contributed by atoms with E-state index in [0.717, 1.165) is 5.56 Å². The Hall–Kier alpha value is -2.14. The van der Waals surface area contributed by atoms with E-state index in [1.54, 1.807) is 17.3 Å². The van der Waals surface area contributed by atoms with E-state index in [-0.39, 0.29) is 11.7 Å². The van der Waals surface area contributed by atoms with Crippen molar-refractivity contribution in [3.63, 3.8) is 0 Å². The number of amides is 2. The third kappa shape index (κ3) is 3.93. The highest BCUT2D eigenvalue weighted by Crippen LogP contribution is 2.04. The zero-order valence-electron chi connectivity index (χ0n) is 10.5. The first-order valence-electron chi connectivity index (χ1n) is 6.08. The third-order valence-corrected chi connectivity index (χ3v) is 2.76. The summed E-state index contributed by atoms with van der Waals surface area (Å²) in [6.45, 7) is 2.11. The highest BCUT2D eigenvalue weighted by atomic mass is 16.5. The Morgan fingerprint density at radius 3 is 2.58 bits per heavy atom. The maximum atomic E-state index is 11.9. The molecule has 1 radical (unpaired) electrons. The topological polar surface area (TPSA) is 58.6 Å². The van der Waals surface area contributed by atoms with Crippen LogP contribution in [0.2, 0.25) is 0 Å². The summed E-state index contributed by atoms with van der Waals surface area (Å²) in [7, 11) is 0. The largest absolute Gasteiger partial charge is 0.378 e. The Morgan fingerprint density at radius 2 is 1.95 bits per heavy atom. The summed E-state index contributed by atoms with van der Waals surface area (Å²) in [5, 5.41) is 2.55. The number of allylic oxidation sites excluding steroid dienone is 1. The predicted molar refractivity (Wildman–Crippen MR) is 71.0 cm³/mol. The summed E-state index contributed by atoms with van der Waals surface area (Å²) in [5.74, 6) is 0. The molecule has 1 saturated heterocycles. The molecule has 0 saturated carbocycles. The monoisotopic (exact) mass is 259 g/mol. The van der Waals surface area contributed by atoms with Gasteiger partial charge in [-0.15, -0.1) is 0 Å². The molecule has 2 amide bonds. The van der Waals surface area contributed by atoms with E-state index < -0.39 is 0 Å². The van der Waals surface area contributed by atoms with Crippen LogP contribution in [0.15, 0.2) is 36.0 Å². The van der Waals surface area contributed by atoms with Gasteiger partial charge in [0.25, 0.3) is 6.29 Å². The second kappa shape index (κ2) is 6.70. The van der Waals surface area contributed by atoms with Crippen LogP contribution in [0.5, 0.6) is 0 Å². The Morgan fingerprint density at radius 1 is 1.26 bits per heavy atom. The van der Waals surface area contributed by atoms with E-state index in [9.17, 15) is 9.59 Å². The van der Waals surface area contributed by atoms with Crippen LogP contribution in [-0.2, 0) is 9.53 Å². The molecule has 1 aliphatic heterocycles. The van der Waals surface area contributed by atoms with Crippen LogP contribution in [0.1, 0.15) is 5.56 Å². The molecule has 0 aromatic heterocycles. The zero-order chi connectivity index (χ0) is 13.5. The van der Waals surface area contributed by atoms with Crippen molar-refractivity contribution in [2.45, 2.75) is 0 Å². The normalized spacial score (nSPS) is 16.0. The van der Waals surface area contributed by atoms with Crippen molar-refractivity contribution in [2.75, 3.05) is 26.3 Å². The van der Waals surface area contributed by atoms with Gasteiger partial charge in [0.15, 0.2) is 0 Å². The second-order valence-electron chi connectivity index (χ2n) is 4.10. The molecular formula is C14H15N2O3. The number of hydrogen-bond acceptors (Lipinski definition) is 3. The van der Waals surface area contributed by atoms with E-state index in [0.29, 0.717) is 26.3 Å².